The van der Waals surface area contributed by atoms with Crippen LogP contribution in [0.2, 0.25) is 0 Å². The topological polar surface area (TPSA) is 145 Å². The van der Waals surface area contributed by atoms with Gasteiger partial charge in [0.1, 0.15) is 19.0 Å². The van der Waals surface area contributed by atoms with Gasteiger partial charge in [0, 0.05) is 45.0 Å². The van der Waals surface area contributed by atoms with Crippen molar-refractivity contribution in [2.24, 2.45) is 11.3 Å². The van der Waals surface area contributed by atoms with Crippen LogP contribution in [-0.2, 0) is 33.2 Å². The van der Waals surface area contributed by atoms with Crippen molar-refractivity contribution in [3.05, 3.63) is 12.2 Å². The first-order valence-electron chi connectivity index (χ1n) is 13.5. The van der Waals surface area contributed by atoms with E-state index in [9.17, 15) is 15.0 Å². The Morgan fingerprint density at radius 3 is 2.50 bits per heavy atom. The largest absolute Gasteiger partial charge is 0.396 e. The van der Waals surface area contributed by atoms with E-state index in [0.29, 0.717) is 25.7 Å². The number of rotatable bonds is 11. The number of aliphatic hydroxyl groups excluding tert-OH is 3. The maximum absolute atomic E-state index is 13.3. The summed E-state index contributed by atoms with van der Waals surface area (Å²) in [7, 11) is 2.98. The molecule has 3 fully saturated rings. The summed E-state index contributed by atoms with van der Waals surface area (Å²) in [5, 5.41) is 33.5. The molecule has 0 aromatic heterocycles. The number of amides is 1. The Labute approximate surface area is 225 Å². The molecule has 38 heavy (non-hydrogen) atoms. The predicted octanol–water partition coefficient (Wildman–Crippen LogP) is 1.23. The standard InChI is InChI=1S/C27H47NO10/c1-15-13-27(34-7,38-17(3)16(15)2)22(31)24(32)28-25-21-20(35-14-36-25)23(33-6)26(4,5)19(37-21)12-18(30)10-8-9-11-29/h16-23,25,29-31H,1,8-14H2,2-7H3,(H,28,32)/t16-,17-,18-,19-,20?,21+,22-,23-,25+,27-/m1/s1. The Bertz CT molecular complexity index is 809. The maximum Gasteiger partial charge on any atom is 0.256 e. The lowest BCUT2D eigenvalue weighted by atomic mass is 9.72. The van der Waals surface area contributed by atoms with Crippen LogP contribution in [-0.4, -0.2) is 104 Å². The molecule has 10 atom stereocenters. The van der Waals surface area contributed by atoms with Crippen LogP contribution in [0.15, 0.2) is 12.2 Å². The molecule has 0 spiro atoms. The molecule has 11 nitrogen and oxygen atoms in total. The van der Waals surface area contributed by atoms with Gasteiger partial charge in [-0.2, -0.15) is 0 Å². The zero-order chi connectivity index (χ0) is 28.3. The van der Waals surface area contributed by atoms with Crippen molar-refractivity contribution >= 4 is 5.91 Å². The molecule has 1 amide bonds. The zero-order valence-corrected chi connectivity index (χ0v) is 23.6. The van der Waals surface area contributed by atoms with E-state index >= 15 is 0 Å². The fourth-order valence-electron chi connectivity index (χ4n) is 5.79. The molecule has 3 heterocycles. The summed E-state index contributed by atoms with van der Waals surface area (Å²) in [4.78, 5) is 13.3. The predicted molar refractivity (Wildman–Crippen MR) is 137 cm³/mol. The summed E-state index contributed by atoms with van der Waals surface area (Å²) < 4.78 is 35.5. The Hall–Kier alpha value is -1.15. The van der Waals surface area contributed by atoms with E-state index in [0.717, 1.165) is 5.57 Å². The van der Waals surface area contributed by atoms with Crippen LogP contribution < -0.4 is 5.32 Å². The van der Waals surface area contributed by atoms with Gasteiger partial charge in [0.2, 0.25) is 5.79 Å². The molecule has 1 unspecified atom stereocenters. The minimum absolute atomic E-state index is 0.0500. The molecule has 0 bridgehead atoms. The average molecular weight is 546 g/mol. The molecule has 0 aromatic carbocycles. The number of ether oxygens (including phenoxy) is 6. The number of nitrogens with one attached hydrogen (secondary N) is 1. The number of hydrogen-bond donors (Lipinski definition) is 4. The lowest BCUT2D eigenvalue weighted by Gasteiger charge is -2.54. The van der Waals surface area contributed by atoms with E-state index in [4.69, 9.17) is 33.5 Å². The Morgan fingerprint density at radius 2 is 1.89 bits per heavy atom. The second kappa shape index (κ2) is 13.0. The third kappa shape index (κ3) is 6.42. The monoisotopic (exact) mass is 545 g/mol. The molecule has 0 radical (unpaired) electrons. The third-order valence-electron chi connectivity index (χ3n) is 8.50. The summed E-state index contributed by atoms with van der Waals surface area (Å²) in [5.41, 5.74) is 0.295. The third-order valence-corrected chi connectivity index (χ3v) is 8.50. The SMILES string of the molecule is C=C1C[C@](OC)([C@H](O)C(=O)N[C@H]2OCOC3[C@@H](OC)C(C)(C)[C@@H](C[C@H](O)CCCCO)O[C@@H]32)O[C@H](C)[C@@H]1C. The molecule has 0 aromatic rings. The van der Waals surface area contributed by atoms with Crippen LogP contribution >= 0.6 is 0 Å². The van der Waals surface area contributed by atoms with E-state index < -0.39 is 60.0 Å². The highest BCUT2D eigenvalue weighted by Gasteiger charge is 2.57. The lowest BCUT2D eigenvalue weighted by molar-refractivity contribution is -0.332. The minimum atomic E-state index is -1.66. The summed E-state index contributed by atoms with van der Waals surface area (Å²) in [5.74, 6) is -2.27. The highest BCUT2D eigenvalue weighted by molar-refractivity contribution is 5.82. The molecule has 3 rings (SSSR count). The summed E-state index contributed by atoms with van der Waals surface area (Å²) in [6, 6.07) is 0. The van der Waals surface area contributed by atoms with Crippen LogP contribution in [0.1, 0.15) is 59.8 Å². The van der Waals surface area contributed by atoms with Crippen molar-refractivity contribution in [1.29, 1.82) is 0 Å². The molecule has 3 aliphatic rings. The molecule has 3 saturated heterocycles. The second-order valence-electron chi connectivity index (χ2n) is 11.4. The highest BCUT2D eigenvalue weighted by Crippen LogP contribution is 2.44. The number of aliphatic hydroxyl groups is 3. The fourth-order valence-corrected chi connectivity index (χ4v) is 5.79. The lowest BCUT2D eigenvalue weighted by Crippen LogP contribution is -2.69. The Morgan fingerprint density at radius 1 is 1.18 bits per heavy atom. The summed E-state index contributed by atoms with van der Waals surface area (Å²) in [6.07, 6.45) is -3.38. The number of carbonyl (C=O) groups excluding carboxylic acids is 1. The van der Waals surface area contributed by atoms with Crippen molar-refractivity contribution in [3.63, 3.8) is 0 Å². The van der Waals surface area contributed by atoms with Crippen molar-refractivity contribution in [2.75, 3.05) is 27.6 Å². The van der Waals surface area contributed by atoms with Crippen LogP contribution in [0.5, 0.6) is 0 Å². The van der Waals surface area contributed by atoms with Gasteiger partial charge in [-0.15, -0.1) is 0 Å². The molecule has 11 heteroatoms. The second-order valence-corrected chi connectivity index (χ2v) is 11.4. The maximum atomic E-state index is 13.3. The summed E-state index contributed by atoms with van der Waals surface area (Å²) in [6.45, 7) is 11.9. The Kier molecular flexibility index (Phi) is 10.7. The van der Waals surface area contributed by atoms with E-state index in [1.54, 1.807) is 7.11 Å². The van der Waals surface area contributed by atoms with Gasteiger partial charge in [0.25, 0.3) is 5.91 Å². The van der Waals surface area contributed by atoms with Crippen LogP contribution in [0.3, 0.4) is 0 Å². The zero-order valence-electron chi connectivity index (χ0n) is 23.6. The van der Waals surface area contributed by atoms with Gasteiger partial charge in [-0.05, 0) is 26.2 Å². The van der Waals surface area contributed by atoms with E-state index in [1.807, 2.05) is 27.7 Å². The van der Waals surface area contributed by atoms with E-state index in [2.05, 4.69) is 11.9 Å². The fraction of sp³-hybridized carbons (Fsp3) is 0.889. The first-order valence-corrected chi connectivity index (χ1v) is 13.5. The van der Waals surface area contributed by atoms with E-state index in [-0.39, 0.29) is 31.8 Å². The van der Waals surface area contributed by atoms with Gasteiger partial charge in [-0.3, -0.25) is 4.79 Å². The molecule has 0 aliphatic carbocycles. The van der Waals surface area contributed by atoms with Crippen LogP contribution in [0.4, 0.5) is 0 Å². The van der Waals surface area contributed by atoms with Crippen molar-refractivity contribution in [1.82, 2.24) is 5.32 Å². The van der Waals surface area contributed by atoms with Gasteiger partial charge in [-0.1, -0.05) is 32.9 Å². The smallest absolute Gasteiger partial charge is 0.256 e. The number of unbranched alkanes of at least 4 members (excludes halogenated alkanes) is 1. The minimum Gasteiger partial charge on any atom is -0.396 e. The van der Waals surface area contributed by atoms with Gasteiger partial charge in [0.15, 0.2) is 12.3 Å². The first-order chi connectivity index (χ1) is 17.9. The number of hydrogen-bond acceptors (Lipinski definition) is 10. The highest BCUT2D eigenvalue weighted by atomic mass is 16.7. The average Bonchev–Trinajstić information content (AvgIpc) is 2.87. The van der Waals surface area contributed by atoms with Gasteiger partial charge in [-0.25, -0.2) is 0 Å². The molecule has 220 valence electrons. The van der Waals surface area contributed by atoms with Crippen molar-refractivity contribution < 1.29 is 48.5 Å². The van der Waals surface area contributed by atoms with Gasteiger partial charge in [0.05, 0.1) is 24.4 Å². The Balaban J connectivity index is 1.76. The number of fused-ring (bicyclic) bond motifs is 1. The molecular weight excluding hydrogens is 498 g/mol. The molecule has 3 aliphatic heterocycles. The van der Waals surface area contributed by atoms with Gasteiger partial charge >= 0.3 is 0 Å². The number of methoxy groups -OCH3 is 2. The number of carbonyl (C=O) groups is 1. The molecule has 4 N–H and O–H groups in total. The van der Waals surface area contributed by atoms with Crippen LogP contribution in [0, 0.1) is 11.3 Å². The first kappa shape index (κ1) is 31.4. The molecule has 0 saturated carbocycles. The van der Waals surface area contributed by atoms with E-state index in [1.165, 1.54) is 7.11 Å². The summed E-state index contributed by atoms with van der Waals surface area (Å²) >= 11 is 0. The van der Waals surface area contributed by atoms with Gasteiger partial charge < -0.3 is 49.1 Å². The van der Waals surface area contributed by atoms with Crippen molar-refractivity contribution in [3.8, 4) is 0 Å². The molecular formula is C27H47NO10. The van der Waals surface area contributed by atoms with Crippen molar-refractivity contribution in [2.45, 2.75) is 115 Å². The van der Waals surface area contributed by atoms with Crippen LogP contribution in [0.25, 0.3) is 0 Å². The normalized spacial score (nSPS) is 38.8. The quantitative estimate of drug-likeness (QED) is 0.221.